The average Bonchev–Trinajstić information content (AvgIpc) is 3.11. The fourth-order valence-electron chi connectivity index (χ4n) is 4.24. The molecule has 0 saturated carbocycles. The summed E-state index contributed by atoms with van der Waals surface area (Å²) in [6.45, 7) is 6.01. The van der Waals surface area contributed by atoms with Gasteiger partial charge in [-0.25, -0.2) is 4.79 Å². The summed E-state index contributed by atoms with van der Waals surface area (Å²) >= 11 is 0. The summed E-state index contributed by atoms with van der Waals surface area (Å²) in [5, 5.41) is 0. The van der Waals surface area contributed by atoms with E-state index in [1.807, 2.05) is 92.7 Å². The Bertz CT molecular complexity index is 1180. The fraction of sp³-hybridized carbons (Fsp3) is 0.214. The van der Waals surface area contributed by atoms with E-state index in [9.17, 15) is 9.59 Å². The van der Waals surface area contributed by atoms with Crippen LogP contribution in [0.25, 0.3) is 11.1 Å². The maximum Gasteiger partial charge on any atom is 0.339 e. The smallest absolute Gasteiger partial charge is 0.339 e. The molecule has 2 atom stereocenters. The number of cyclic esters (lactones) is 1. The molecule has 4 rings (SSSR count). The van der Waals surface area contributed by atoms with Crippen LogP contribution < -0.4 is 0 Å². The van der Waals surface area contributed by atoms with Crippen LogP contribution in [0.1, 0.15) is 40.7 Å². The Morgan fingerprint density at radius 1 is 0.906 bits per heavy atom. The minimum Gasteiger partial charge on any atom is -0.465 e. The lowest BCUT2D eigenvalue weighted by Crippen LogP contribution is -2.30. The van der Waals surface area contributed by atoms with Crippen molar-refractivity contribution in [1.82, 2.24) is 0 Å². The molecule has 1 aliphatic rings. The molecule has 0 spiro atoms. The summed E-state index contributed by atoms with van der Waals surface area (Å²) < 4.78 is 11.4. The molecule has 3 aromatic carbocycles. The van der Waals surface area contributed by atoms with E-state index in [4.69, 9.17) is 9.47 Å². The highest BCUT2D eigenvalue weighted by Gasteiger charge is 2.44. The highest BCUT2D eigenvalue weighted by Crippen LogP contribution is 2.43. The monoisotopic (exact) mass is 426 g/mol. The van der Waals surface area contributed by atoms with E-state index in [0.29, 0.717) is 11.1 Å². The van der Waals surface area contributed by atoms with Gasteiger partial charge in [0.05, 0.1) is 12.2 Å². The van der Waals surface area contributed by atoms with E-state index in [1.54, 1.807) is 6.92 Å². The summed E-state index contributed by atoms with van der Waals surface area (Å²) in [5.74, 6) is -1.60. The van der Waals surface area contributed by atoms with E-state index in [-0.39, 0.29) is 6.61 Å². The van der Waals surface area contributed by atoms with Crippen molar-refractivity contribution in [3.63, 3.8) is 0 Å². The predicted molar refractivity (Wildman–Crippen MR) is 125 cm³/mol. The van der Waals surface area contributed by atoms with Gasteiger partial charge >= 0.3 is 11.9 Å². The minimum absolute atomic E-state index is 0.247. The van der Waals surface area contributed by atoms with Gasteiger partial charge in [-0.3, -0.25) is 4.79 Å². The number of carbonyl (C=O) groups excluding carboxylic acids is 2. The molecule has 0 radical (unpaired) electrons. The molecule has 4 heteroatoms. The standard InChI is InChI=1S/C28H26O4/c1-4-31-27(29)25(20-12-6-5-7-13-20)26-23(21-14-8-10-18(2)16-21)24(28(30)32-26)22-15-9-11-19(3)17-22/h5-17,25-26H,4H2,1-3H3. The van der Waals surface area contributed by atoms with Gasteiger partial charge in [0.1, 0.15) is 12.0 Å². The minimum atomic E-state index is -0.790. The highest BCUT2D eigenvalue weighted by molar-refractivity contribution is 6.28. The summed E-state index contributed by atoms with van der Waals surface area (Å²) in [6.07, 6.45) is -0.790. The first kappa shape index (κ1) is 21.6. The van der Waals surface area contributed by atoms with Gasteiger partial charge in [-0.1, -0.05) is 90.0 Å². The number of aryl methyl sites for hydroxylation is 2. The second-order valence-electron chi connectivity index (χ2n) is 7.99. The zero-order chi connectivity index (χ0) is 22.7. The van der Waals surface area contributed by atoms with Gasteiger partial charge in [-0.15, -0.1) is 0 Å². The van der Waals surface area contributed by atoms with Gasteiger partial charge in [0.15, 0.2) is 0 Å². The van der Waals surface area contributed by atoms with Crippen LogP contribution in [0.4, 0.5) is 0 Å². The molecule has 3 aromatic rings. The lowest BCUT2D eigenvalue weighted by atomic mass is 9.83. The number of benzene rings is 3. The van der Waals surface area contributed by atoms with Gasteiger partial charge in [0.25, 0.3) is 0 Å². The number of hydrogen-bond acceptors (Lipinski definition) is 4. The molecule has 4 nitrogen and oxygen atoms in total. The Hall–Kier alpha value is -3.66. The van der Waals surface area contributed by atoms with Gasteiger partial charge in [0, 0.05) is 5.57 Å². The molecule has 0 aliphatic carbocycles. The molecule has 1 heterocycles. The van der Waals surface area contributed by atoms with E-state index in [2.05, 4.69) is 0 Å². The Balaban J connectivity index is 1.95. The first-order valence-corrected chi connectivity index (χ1v) is 10.8. The van der Waals surface area contributed by atoms with Crippen LogP contribution in [0.15, 0.2) is 78.9 Å². The third kappa shape index (κ3) is 4.22. The zero-order valence-corrected chi connectivity index (χ0v) is 18.5. The Morgan fingerprint density at radius 2 is 1.53 bits per heavy atom. The molecule has 162 valence electrons. The Morgan fingerprint density at radius 3 is 2.16 bits per heavy atom. The molecule has 0 bridgehead atoms. The number of rotatable bonds is 6. The predicted octanol–water partition coefficient (Wildman–Crippen LogP) is 5.49. The molecular weight excluding hydrogens is 400 g/mol. The van der Waals surface area contributed by atoms with Crippen molar-refractivity contribution in [2.24, 2.45) is 0 Å². The normalized spacial score (nSPS) is 16.6. The van der Waals surface area contributed by atoms with Crippen molar-refractivity contribution in [3.8, 4) is 0 Å². The molecule has 0 saturated heterocycles. The number of esters is 2. The average molecular weight is 427 g/mol. The Kier molecular flexibility index (Phi) is 6.22. The summed E-state index contributed by atoms with van der Waals surface area (Å²) in [6, 6.07) is 25.1. The third-order valence-corrected chi connectivity index (χ3v) is 5.63. The van der Waals surface area contributed by atoms with E-state index >= 15 is 0 Å². The Labute approximate surface area is 188 Å². The number of ether oxygens (including phenoxy) is 2. The van der Waals surface area contributed by atoms with Crippen molar-refractivity contribution in [2.75, 3.05) is 6.61 Å². The maximum absolute atomic E-state index is 13.2. The molecule has 0 aromatic heterocycles. The van der Waals surface area contributed by atoms with Crippen molar-refractivity contribution in [3.05, 3.63) is 107 Å². The van der Waals surface area contributed by atoms with Gasteiger partial charge in [0.2, 0.25) is 0 Å². The first-order valence-electron chi connectivity index (χ1n) is 10.8. The largest absolute Gasteiger partial charge is 0.465 e. The lowest BCUT2D eigenvalue weighted by Gasteiger charge is -2.24. The van der Waals surface area contributed by atoms with Gasteiger partial charge in [-0.05, 0) is 37.5 Å². The molecule has 0 fully saturated rings. The van der Waals surface area contributed by atoms with Crippen LogP contribution in [0.2, 0.25) is 0 Å². The zero-order valence-electron chi connectivity index (χ0n) is 18.5. The van der Waals surface area contributed by atoms with E-state index in [0.717, 1.165) is 27.8 Å². The van der Waals surface area contributed by atoms with Crippen molar-refractivity contribution in [2.45, 2.75) is 32.8 Å². The topological polar surface area (TPSA) is 52.6 Å². The van der Waals surface area contributed by atoms with Crippen LogP contribution in [0.3, 0.4) is 0 Å². The van der Waals surface area contributed by atoms with Gasteiger partial charge < -0.3 is 9.47 Å². The summed E-state index contributed by atoms with van der Waals surface area (Å²) in [5.41, 5.74) is 5.70. The number of hydrogen-bond donors (Lipinski definition) is 0. The number of carbonyl (C=O) groups is 2. The summed E-state index contributed by atoms with van der Waals surface area (Å²) in [4.78, 5) is 26.4. The van der Waals surface area contributed by atoms with Crippen molar-refractivity contribution >= 4 is 23.1 Å². The van der Waals surface area contributed by atoms with Crippen LogP contribution in [0, 0.1) is 13.8 Å². The summed E-state index contributed by atoms with van der Waals surface area (Å²) in [7, 11) is 0. The lowest BCUT2D eigenvalue weighted by molar-refractivity contribution is -0.150. The first-order chi connectivity index (χ1) is 15.5. The van der Waals surface area contributed by atoms with Crippen LogP contribution in [-0.2, 0) is 19.1 Å². The molecule has 2 unspecified atom stereocenters. The second kappa shape index (κ2) is 9.23. The van der Waals surface area contributed by atoms with Gasteiger partial charge in [-0.2, -0.15) is 0 Å². The third-order valence-electron chi connectivity index (χ3n) is 5.63. The molecule has 0 amide bonds. The molecular formula is C28H26O4. The molecule has 1 aliphatic heterocycles. The second-order valence-corrected chi connectivity index (χ2v) is 7.99. The van der Waals surface area contributed by atoms with E-state index < -0.39 is 24.0 Å². The molecule has 0 N–H and O–H groups in total. The van der Waals surface area contributed by atoms with Crippen LogP contribution in [-0.4, -0.2) is 24.6 Å². The maximum atomic E-state index is 13.2. The van der Waals surface area contributed by atoms with Crippen LogP contribution in [0.5, 0.6) is 0 Å². The fourth-order valence-corrected chi connectivity index (χ4v) is 4.24. The highest BCUT2D eigenvalue weighted by atomic mass is 16.6. The van der Waals surface area contributed by atoms with Crippen molar-refractivity contribution < 1.29 is 19.1 Å². The quantitative estimate of drug-likeness (QED) is 0.489. The molecule has 32 heavy (non-hydrogen) atoms. The SMILES string of the molecule is CCOC(=O)C(c1ccccc1)C1OC(=O)C(c2cccc(C)c2)=C1c1cccc(C)c1. The van der Waals surface area contributed by atoms with Crippen LogP contribution >= 0.6 is 0 Å². The van der Waals surface area contributed by atoms with E-state index in [1.165, 1.54) is 0 Å². The van der Waals surface area contributed by atoms with Crippen molar-refractivity contribution in [1.29, 1.82) is 0 Å².